The molecule has 0 spiro atoms. The number of ether oxygens (including phenoxy) is 2. The second-order valence-corrected chi connectivity index (χ2v) is 3.52. The van der Waals surface area contributed by atoms with Crippen molar-refractivity contribution in [3.05, 3.63) is 0 Å². The van der Waals surface area contributed by atoms with Crippen LogP contribution in [0.3, 0.4) is 0 Å². The number of rotatable bonds is 7. The molecule has 0 fully saturated rings. The Morgan fingerprint density at radius 1 is 1.19 bits per heavy atom. The molecule has 1 unspecified atom stereocenters. The predicted octanol–water partition coefficient (Wildman–Crippen LogP) is 2.14. The molecule has 1 N–H and O–H groups in total. The zero-order valence-electron chi connectivity index (χ0n) is 11.0. The quantitative estimate of drug-likeness (QED) is 0.541. The third-order valence-electron chi connectivity index (χ3n) is 1.83. The van der Waals surface area contributed by atoms with Gasteiger partial charge in [-0.05, 0) is 19.8 Å². The maximum atomic E-state index is 10.0. The summed E-state index contributed by atoms with van der Waals surface area (Å²) in [6, 6.07) is 0. The first kappa shape index (κ1) is 17.8. The minimum absolute atomic E-state index is 0.597. The Morgan fingerprint density at radius 2 is 1.62 bits per heavy atom. The molecule has 0 saturated carbocycles. The van der Waals surface area contributed by atoms with E-state index in [1.165, 1.54) is 39.7 Å². The van der Waals surface area contributed by atoms with Gasteiger partial charge in [-0.3, -0.25) is 0 Å². The van der Waals surface area contributed by atoms with Crippen LogP contribution in [0.4, 0.5) is 0 Å². The number of unbranched alkanes of at least 4 members (excludes halogenated alkanes) is 2. The Labute approximate surface area is 98.9 Å². The Bertz CT molecular complexity index is 140. The Balaban J connectivity index is 0. The van der Waals surface area contributed by atoms with Gasteiger partial charge in [0.1, 0.15) is 6.10 Å². The van der Waals surface area contributed by atoms with Crippen molar-refractivity contribution < 1.29 is 19.4 Å². The molecule has 16 heavy (non-hydrogen) atoms. The smallest absolute Gasteiger partial charge is 0.334 e. The van der Waals surface area contributed by atoms with Gasteiger partial charge in [-0.15, -0.1) is 0 Å². The molecule has 0 aromatic rings. The fraction of sp³-hybridized carbons (Fsp3) is 0.917. The van der Waals surface area contributed by atoms with Gasteiger partial charge >= 0.3 is 5.97 Å². The molecule has 4 heteroatoms. The van der Waals surface area contributed by atoms with Crippen LogP contribution in [0.1, 0.15) is 46.5 Å². The summed E-state index contributed by atoms with van der Waals surface area (Å²) in [6.07, 6.45) is 3.91. The van der Waals surface area contributed by atoms with Crippen LogP contribution in [0.5, 0.6) is 0 Å². The lowest BCUT2D eigenvalue weighted by atomic mass is 10.3. The van der Waals surface area contributed by atoms with Crippen molar-refractivity contribution in [1.29, 1.82) is 0 Å². The van der Waals surface area contributed by atoms with Gasteiger partial charge in [0.05, 0.1) is 7.11 Å². The molecule has 0 aliphatic carbocycles. The molecule has 4 nitrogen and oxygen atoms in total. The van der Waals surface area contributed by atoms with E-state index in [0.717, 1.165) is 13.2 Å². The molecular formula is C12H26O4. The number of esters is 1. The summed E-state index contributed by atoms with van der Waals surface area (Å²) in [7, 11) is 1.23. The molecule has 0 radical (unpaired) electrons. The number of hydrogen-bond donors (Lipinski definition) is 1. The molecule has 0 heterocycles. The van der Waals surface area contributed by atoms with Crippen LogP contribution in [0.25, 0.3) is 0 Å². The molecule has 0 aromatic heterocycles. The SMILES string of the molecule is CCCCOCCCC.COC(=O)C(C)O. The maximum Gasteiger partial charge on any atom is 0.334 e. The Morgan fingerprint density at radius 3 is 1.81 bits per heavy atom. The lowest BCUT2D eigenvalue weighted by molar-refractivity contribution is -0.149. The molecular weight excluding hydrogens is 208 g/mol. The van der Waals surface area contributed by atoms with Gasteiger partial charge < -0.3 is 14.6 Å². The summed E-state index contributed by atoms with van der Waals surface area (Å²) < 4.78 is 9.44. The molecule has 0 rings (SSSR count). The first-order valence-corrected chi connectivity index (χ1v) is 5.93. The van der Waals surface area contributed by atoms with Crippen LogP contribution in [0, 0.1) is 0 Å². The second-order valence-electron chi connectivity index (χ2n) is 3.52. The number of aliphatic hydroxyl groups is 1. The van der Waals surface area contributed by atoms with E-state index in [0.29, 0.717) is 0 Å². The van der Waals surface area contributed by atoms with E-state index in [4.69, 9.17) is 9.84 Å². The molecule has 0 aromatic carbocycles. The van der Waals surface area contributed by atoms with Crippen molar-refractivity contribution in [2.45, 2.75) is 52.6 Å². The summed E-state index contributed by atoms with van der Waals surface area (Å²) >= 11 is 0. The van der Waals surface area contributed by atoms with Gasteiger partial charge in [-0.1, -0.05) is 26.7 Å². The normalized spacial score (nSPS) is 11.3. The van der Waals surface area contributed by atoms with Crippen molar-refractivity contribution in [2.75, 3.05) is 20.3 Å². The van der Waals surface area contributed by atoms with Gasteiger partial charge in [0, 0.05) is 13.2 Å². The summed E-state index contributed by atoms with van der Waals surface area (Å²) in [5.41, 5.74) is 0. The van der Waals surface area contributed by atoms with Crippen LogP contribution in [0.15, 0.2) is 0 Å². The monoisotopic (exact) mass is 234 g/mol. The van der Waals surface area contributed by atoms with E-state index < -0.39 is 12.1 Å². The number of methoxy groups -OCH3 is 1. The van der Waals surface area contributed by atoms with Gasteiger partial charge in [-0.2, -0.15) is 0 Å². The van der Waals surface area contributed by atoms with E-state index >= 15 is 0 Å². The van der Waals surface area contributed by atoms with Crippen LogP contribution in [-0.2, 0) is 14.3 Å². The Kier molecular flexibility index (Phi) is 16.0. The van der Waals surface area contributed by atoms with Gasteiger partial charge in [0.2, 0.25) is 0 Å². The largest absolute Gasteiger partial charge is 0.467 e. The summed E-state index contributed by atoms with van der Waals surface area (Å²) in [6.45, 7) is 7.63. The van der Waals surface area contributed by atoms with E-state index in [2.05, 4.69) is 18.6 Å². The van der Waals surface area contributed by atoms with E-state index in [-0.39, 0.29) is 0 Å². The fourth-order valence-electron chi connectivity index (χ4n) is 0.765. The number of hydrogen-bond acceptors (Lipinski definition) is 4. The van der Waals surface area contributed by atoms with Gasteiger partial charge in [-0.25, -0.2) is 4.79 Å². The highest BCUT2D eigenvalue weighted by molar-refractivity contribution is 5.73. The number of carbonyl (C=O) groups is 1. The van der Waals surface area contributed by atoms with Gasteiger partial charge in [0.25, 0.3) is 0 Å². The van der Waals surface area contributed by atoms with E-state index in [1.807, 2.05) is 0 Å². The lowest BCUT2D eigenvalue weighted by Crippen LogP contribution is -2.16. The lowest BCUT2D eigenvalue weighted by Gasteiger charge is -1.99. The third kappa shape index (κ3) is 15.8. The highest BCUT2D eigenvalue weighted by Crippen LogP contribution is 1.91. The standard InChI is InChI=1S/C8H18O.C4H8O3/c1-3-5-7-9-8-6-4-2;1-3(5)4(6)7-2/h3-8H2,1-2H3;3,5H,1-2H3. The highest BCUT2D eigenvalue weighted by atomic mass is 16.5. The summed E-state index contributed by atoms with van der Waals surface area (Å²) in [5.74, 6) is -0.597. The minimum atomic E-state index is -0.995. The third-order valence-corrected chi connectivity index (χ3v) is 1.83. The molecule has 0 aliphatic heterocycles. The summed E-state index contributed by atoms with van der Waals surface area (Å²) in [4.78, 5) is 10.0. The first-order chi connectivity index (χ1) is 7.59. The Hall–Kier alpha value is -0.610. The van der Waals surface area contributed by atoms with Crippen LogP contribution in [-0.4, -0.2) is 37.5 Å². The predicted molar refractivity (Wildman–Crippen MR) is 64.3 cm³/mol. The van der Waals surface area contributed by atoms with Crippen molar-refractivity contribution in [1.82, 2.24) is 0 Å². The summed E-state index contributed by atoms with van der Waals surface area (Å²) in [5, 5.41) is 8.35. The molecule has 0 aliphatic rings. The van der Waals surface area contributed by atoms with Gasteiger partial charge in [0.15, 0.2) is 0 Å². The topological polar surface area (TPSA) is 55.8 Å². The average Bonchev–Trinajstić information content (AvgIpc) is 2.28. The minimum Gasteiger partial charge on any atom is -0.467 e. The number of aliphatic hydroxyl groups excluding tert-OH is 1. The zero-order chi connectivity index (χ0) is 12.8. The van der Waals surface area contributed by atoms with Crippen LogP contribution in [0.2, 0.25) is 0 Å². The van der Waals surface area contributed by atoms with E-state index in [9.17, 15) is 4.79 Å². The van der Waals surface area contributed by atoms with Crippen molar-refractivity contribution in [3.8, 4) is 0 Å². The molecule has 0 saturated heterocycles. The second kappa shape index (κ2) is 14.4. The average molecular weight is 234 g/mol. The molecule has 0 bridgehead atoms. The highest BCUT2D eigenvalue weighted by Gasteiger charge is 2.05. The maximum absolute atomic E-state index is 10.0. The van der Waals surface area contributed by atoms with E-state index in [1.54, 1.807) is 0 Å². The molecule has 0 amide bonds. The zero-order valence-corrected chi connectivity index (χ0v) is 11.0. The van der Waals surface area contributed by atoms with Crippen LogP contribution < -0.4 is 0 Å². The molecule has 98 valence electrons. The van der Waals surface area contributed by atoms with Crippen LogP contribution >= 0.6 is 0 Å². The molecule has 1 atom stereocenters. The van der Waals surface area contributed by atoms with Crippen molar-refractivity contribution in [2.24, 2.45) is 0 Å². The van der Waals surface area contributed by atoms with Crippen molar-refractivity contribution in [3.63, 3.8) is 0 Å². The number of carbonyl (C=O) groups excluding carboxylic acids is 1. The van der Waals surface area contributed by atoms with Crippen molar-refractivity contribution >= 4 is 5.97 Å². The first-order valence-electron chi connectivity index (χ1n) is 5.93. The fourth-order valence-corrected chi connectivity index (χ4v) is 0.765.